The van der Waals surface area contributed by atoms with Crippen molar-refractivity contribution in [1.82, 2.24) is 0 Å². The van der Waals surface area contributed by atoms with Crippen LogP contribution in [-0.4, -0.2) is 13.7 Å². The van der Waals surface area contributed by atoms with Gasteiger partial charge >= 0.3 is 0 Å². The second-order valence-electron chi connectivity index (χ2n) is 2.37. The van der Waals surface area contributed by atoms with E-state index in [1.54, 1.807) is 6.07 Å². The predicted molar refractivity (Wildman–Crippen MR) is 44.0 cm³/mol. The van der Waals surface area contributed by atoms with E-state index in [1.165, 1.54) is 0 Å². The Morgan fingerprint density at radius 1 is 1.36 bits per heavy atom. The molecule has 0 unspecified atom stereocenters. The van der Waals surface area contributed by atoms with Crippen LogP contribution >= 0.6 is 0 Å². The first-order valence-electron chi connectivity index (χ1n) is 3.71. The number of benzene rings is 1. The lowest BCUT2D eigenvalue weighted by Gasteiger charge is -2.06. The highest BCUT2D eigenvalue weighted by Gasteiger charge is 2.11. The van der Waals surface area contributed by atoms with E-state index < -0.39 is 17.4 Å². The van der Waals surface area contributed by atoms with Crippen molar-refractivity contribution in [3.05, 3.63) is 23.8 Å². The Balaban J connectivity index is 2.97. The molecule has 0 saturated carbocycles. The second kappa shape index (κ2) is 4.42. The molecular weight excluding hydrogens is 192 g/mol. The molecule has 1 rings (SSSR count). The molecule has 0 fully saturated rings. The standard InChI is InChI=1S/C9H7F2NO2/c1-13-9-7(10)4-6(5-8(9)11)14-3-2-12/h4-5H,3H2,1H3. The molecule has 0 aliphatic rings. The number of ether oxygens (including phenoxy) is 2. The smallest absolute Gasteiger partial charge is 0.190 e. The van der Waals surface area contributed by atoms with E-state index in [2.05, 4.69) is 4.74 Å². The van der Waals surface area contributed by atoms with Gasteiger partial charge in [0.2, 0.25) is 0 Å². The van der Waals surface area contributed by atoms with Gasteiger partial charge in [-0.3, -0.25) is 0 Å². The van der Waals surface area contributed by atoms with Crippen LogP contribution < -0.4 is 9.47 Å². The predicted octanol–water partition coefficient (Wildman–Crippen LogP) is 1.88. The average molecular weight is 199 g/mol. The van der Waals surface area contributed by atoms with Crippen LogP contribution in [0.1, 0.15) is 0 Å². The first kappa shape index (κ1) is 10.3. The Morgan fingerprint density at radius 2 is 1.93 bits per heavy atom. The Labute approximate surface area is 79.5 Å². The largest absolute Gasteiger partial charge is 0.491 e. The first-order valence-corrected chi connectivity index (χ1v) is 3.71. The summed E-state index contributed by atoms with van der Waals surface area (Å²) < 4.78 is 35.2. The van der Waals surface area contributed by atoms with Crippen LogP contribution in [0.25, 0.3) is 0 Å². The minimum atomic E-state index is -0.861. The Hall–Kier alpha value is -1.83. The number of methoxy groups -OCH3 is 1. The minimum absolute atomic E-state index is 0.0395. The van der Waals surface area contributed by atoms with Crippen LogP contribution in [0, 0.1) is 23.0 Å². The van der Waals surface area contributed by atoms with Gasteiger partial charge in [0, 0.05) is 12.1 Å². The van der Waals surface area contributed by atoms with Gasteiger partial charge in [-0.2, -0.15) is 5.26 Å². The SMILES string of the molecule is COc1c(F)cc(OCC#N)cc1F. The van der Waals surface area contributed by atoms with E-state index in [0.717, 1.165) is 19.2 Å². The van der Waals surface area contributed by atoms with E-state index in [4.69, 9.17) is 10.00 Å². The van der Waals surface area contributed by atoms with Crippen LogP contribution in [0.4, 0.5) is 8.78 Å². The average Bonchev–Trinajstić information content (AvgIpc) is 2.14. The van der Waals surface area contributed by atoms with Crippen LogP contribution in [0.3, 0.4) is 0 Å². The normalized spacial score (nSPS) is 9.29. The number of nitriles is 1. The minimum Gasteiger partial charge on any atom is -0.491 e. The van der Waals surface area contributed by atoms with Gasteiger partial charge in [-0.05, 0) is 0 Å². The number of nitrogens with zero attached hydrogens (tertiary/aromatic N) is 1. The van der Waals surface area contributed by atoms with E-state index in [-0.39, 0.29) is 12.4 Å². The van der Waals surface area contributed by atoms with Gasteiger partial charge in [0.25, 0.3) is 0 Å². The molecule has 0 saturated heterocycles. The van der Waals surface area contributed by atoms with Crippen molar-refractivity contribution in [2.75, 3.05) is 13.7 Å². The van der Waals surface area contributed by atoms with Gasteiger partial charge in [-0.25, -0.2) is 8.78 Å². The molecule has 0 aliphatic carbocycles. The van der Waals surface area contributed by atoms with Gasteiger partial charge in [-0.15, -0.1) is 0 Å². The highest BCUT2D eigenvalue weighted by Crippen LogP contribution is 2.26. The summed E-state index contributed by atoms with van der Waals surface area (Å²) in [6.07, 6.45) is 0. The highest BCUT2D eigenvalue weighted by atomic mass is 19.1. The summed E-state index contributed by atoms with van der Waals surface area (Å²) in [6.45, 7) is -0.259. The van der Waals surface area contributed by atoms with Crippen LogP contribution in [-0.2, 0) is 0 Å². The lowest BCUT2D eigenvalue weighted by atomic mass is 10.3. The molecule has 1 aromatic carbocycles. The summed E-state index contributed by atoms with van der Waals surface area (Å²) >= 11 is 0. The fourth-order valence-electron chi connectivity index (χ4n) is 0.931. The van der Waals surface area contributed by atoms with Crippen molar-refractivity contribution in [3.63, 3.8) is 0 Å². The molecule has 0 amide bonds. The van der Waals surface area contributed by atoms with E-state index in [0.29, 0.717) is 0 Å². The fourth-order valence-corrected chi connectivity index (χ4v) is 0.931. The van der Waals surface area contributed by atoms with Crippen molar-refractivity contribution in [1.29, 1.82) is 5.26 Å². The monoisotopic (exact) mass is 199 g/mol. The van der Waals surface area contributed by atoms with Crippen LogP contribution in [0.2, 0.25) is 0 Å². The van der Waals surface area contributed by atoms with Crippen LogP contribution in [0.15, 0.2) is 12.1 Å². The molecule has 14 heavy (non-hydrogen) atoms. The zero-order valence-corrected chi connectivity index (χ0v) is 7.38. The molecule has 0 spiro atoms. The molecule has 74 valence electrons. The maximum Gasteiger partial charge on any atom is 0.190 e. The van der Waals surface area contributed by atoms with E-state index >= 15 is 0 Å². The van der Waals surface area contributed by atoms with Crippen molar-refractivity contribution in [2.24, 2.45) is 0 Å². The quantitative estimate of drug-likeness (QED) is 0.746. The zero-order valence-electron chi connectivity index (χ0n) is 7.38. The lowest BCUT2D eigenvalue weighted by molar-refractivity contribution is 0.340. The summed E-state index contributed by atoms with van der Waals surface area (Å²) in [5.41, 5.74) is 0. The van der Waals surface area contributed by atoms with Crippen molar-refractivity contribution in [2.45, 2.75) is 0 Å². The van der Waals surface area contributed by atoms with E-state index in [9.17, 15) is 8.78 Å². The summed E-state index contributed by atoms with van der Waals surface area (Å²) in [5, 5.41) is 8.18. The first-order chi connectivity index (χ1) is 6.69. The molecule has 0 heterocycles. The van der Waals surface area contributed by atoms with Gasteiger partial charge in [0.05, 0.1) is 7.11 Å². The van der Waals surface area contributed by atoms with Gasteiger partial charge < -0.3 is 9.47 Å². The van der Waals surface area contributed by atoms with Crippen molar-refractivity contribution < 1.29 is 18.3 Å². The Bertz CT molecular complexity index is 351. The summed E-state index contributed by atoms with van der Waals surface area (Å²) in [7, 11) is 1.16. The number of hydrogen-bond donors (Lipinski definition) is 0. The fraction of sp³-hybridized carbons (Fsp3) is 0.222. The summed E-state index contributed by atoms with van der Waals surface area (Å²) in [4.78, 5) is 0. The maximum atomic E-state index is 13.0. The van der Waals surface area contributed by atoms with Gasteiger partial charge in [0.15, 0.2) is 24.0 Å². The molecule has 5 heteroatoms. The third kappa shape index (κ3) is 2.10. The van der Waals surface area contributed by atoms with Gasteiger partial charge in [-0.1, -0.05) is 0 Å². The number of halogens is 2. The van der Waals surface area contributed by atoms with Crippen molar-refractivity contribution >= 4 is 0 Å². The third-order valence-corrected chi connectivity index (χ3v) is 1.48. The molecule has 0 bridgehead atoms. The molecule has 0 aliphatic heterocycles. The topological polar surface area (TPSA) is 42.2 Å². The second-order valence-corrected chi connectivity index (χ2v) is 2.37. The molecule has 0 N–H and O–H groups in total. The highest BCUT2D eigenvalue weighted by molar-refractivity contribution is 5.34. The van der Waals surface area contributed by atoms with Crippen LogP contribution in [0.5, 0.6) is 11.5 Å². The molecule has 0 aromatic heterocycles. The number of rotatable bonds is 3. The Kier molecular flexibility index (Phi) is 3.24. The molecule has 0 atom stereocenters. The number of hydrogen-bond acceptors (Lipinski definition) is 3. The molecule has 3 nitrogen and oxygen atoms in total. The van der Waals surface area contributed by atoms with E-state index in [1.807, 2.05) is 0 Å². The Morgan fingerprint density at radius 3 is 2.36 bits per heavy atom. The maximum absolute atomic E-state index is 13.0. The summed E-state index contributed by atoms with van der Waals surface area (Å²) in [5.74, 6) is -2.22. The zero-order chi connectivity index (χ0) is 10.6. The lowest BCUT2D eigenvalue weighted by Crippen LogP contribution is -1.97. The molecular formula is C9H7F2NO2. The third-order valence-electron chi connectivity index (χ3n) is 1.48. The molecule has 1 aromatic rings. The van der Waals surface area contributed by atoms with Gasteiger partial charge in [0.1, 0.15) is 11.8 Å². The molecule has 0 radical (unpaired) electrons. The summed E-state index contributed by atoms with van der Waals surface area (Å²) in [6, 6.07) is 3.60. The van der Waals surface area contributed by atoms with Crippen molar-refractivity contribution in [3.8, 4) is 17.6 Å².